The van der Waals surface area contributed by atoms with Crippen molar-refractivity contribution in [2.45, 2.75) is 72.2 Å². The molecule has 0 aromatic carbocycles. The maximum Gasteiger partial charge on any atom is 0 e. The van der Waals surface area contributed by atoms with Crippen LogP contribution < -0.4 is 0 Å². The Bertz CT molecular complexity index is 449. The normalized spacial score (nSPS) is 9.65. The maximum absolute atomic E-state index is 9.99. The summed E-state index contributed by atoms with van der Waals surface area (Å²) >= 11 is 0. The summed E-state index contributed by atoms with van der Waals surface area (Å²) in [6.07, 6.45) is 3.99. The van der Waals surface area contributed by atoms with Crippen LogP contribution in [0, 0.1) is 63.2 Å². The van der Waals surface area contributed by atoms with E-state index in [4.69, 9.17) is 27.9 Å². The summed E-state index contributed by atoms with van der Waals surface area (Å²) in [5.41, 5.74) is 3.38. The van der Waals surface area contributed by atoms with Crippen molar-refractivity contribution in [2.75, 3.05) is 0 Å². The molecule has 31 heavy (non-hydrogen) atoms. The first-order valence-corrected chi connectivity index (χ1v) is 11.7. The average molecular weight is 540 g/mol. The molecule has 0 aliphatic rings. The van der Waals surface area contributed by atoms with Crippen molar-refractivity contribution < 1.29 is 66.6 Å². The van der Waals surface area contributed by atoms with Gasteiger partial charge in [-0.2, -0.15) is 0 Å². The predicted molar refractivity (Wildman–Crippen MR) is 103 cm³/mol. The van der Waals surface area contributed by atoms with Gasteiger partial charge in [-0.1, -0.05) is 53.3 Å². The smallest absolute Gasteiger partial charge is 0 e. The predicted octanol–water partition coefficient (Wildman–Crippen LogP) is 3.85. The Morgan fingerprint density at radius 2 is 1.06 bits per heavy atom. The number of aliphatic hydroxyl groups is 1. The largest absolute Gasteiger partial charge is 0 e. The first kappa shape index (κ1) is 57.3. The minimum Gasteiger partial charge on any atom is 0 e. The van der Waals surface area contributed by atoms with E-state index in [1.165, 1.54) is 12.8 Å². The molecule has 0 fully saturated rings. The van der Waals surface area contributed by atoms with Gasteiger partial charge in [-0.05, 0) is 18.8 Å². The zero-order chi connectivity index (χ0) is 25.5. The minimum atomic E-state index is -1.26. The third-order valence-corrected chi connectivity index (χ3v) is 3.67. The maximum atomic E-state index is 9.99. The molecule has 0 aliphatic heterocycles. The van der Waals surface area contributed by atoms with Crippen LogP contribution in [0.25, 0.3) is 0 Å². The van der Waals surface area contributed by atoms with Crippen LogP contribution in [0.5, 0.6) is 0 Å². The molecule has 10 heteroatoms. The zero-order valence-electron chi connectivity index (χ0n) is 18.6. The van der Waals surface area contributed by atoms with Gasteiger partial charge in [-0.25, -0.2) is 0 Å². The van der Waals surface area contributed by atoms with E-state index >= 15 is 0 Å². The summed E-state index contributed by atoms with van der Waals surface area (Å²) in [5, 5.41) is 9.99. The second kappa shape index (κ2) is 56.9. The van der Waals surface area contributed by atoms with Crippen molar-refractivity contribution in [3.8, 4) is 11.5 Å². The average Bonchev–Trinajstić information content (AvgIpc) is 2.75. The Hall–Kier alpha value is -0.810. The monoisotopic (exact) mass is 540 g/mol. The van der Waals surface area contributed by atoms with Gasteiger partial charge in [0.05, 0.1) is 6.10 Å². The van der Waals surface area contributed by atoms with Crippen LogP contribution in [0.4, 0.5) is 0 Å². The van der Waals surface area contributed by atoms with Gasteiger partial charge in [0, 0.05) is 39.5 Å². The topological polar surface area (TPSA) is 140 Å². The summed E-state index contributed by atoms with van der Waals surface area (Å²) in [4.78, 5) is 0. The molecule has 3 atom stereocenters. The summed E-state index contributed by atoms with van der Waals surface area (Å²) in [6.45, 7) is 40.3. The molecular formula is C21H30Co2O7Si. The van der Waals surface area contributed by atoms with E-state index in [0.29, 0.717) is 11.8 Å². The van der Waals surface area contributed by atoms with Crippen molar-refractivity contribution in [1.82, 2.24) is 0 Å². The number of rotatable bonds is 6. The summed E-state index contributed by atoms with van der Waals surface area (Å²) in [7, 11) is -1.26. The number of hydrogen-bond acceptors (Lipinski definition) is 1. The Morgan fingerprint density at radius 1 is 0.742 bits per heavy atom. The Balaban J connectivity index is -0.0000000424. The third-order valence-electron chi connectivity index (χ3n) is 2.78. The minimum absolute atomic E-state index is 0. The molecule has 178 valence electrons. The van der Waals surface area contributed by atoms with E-state index in [0.717, 1.165) is 12.8 Å². The quantitative estimate of drug-likeness (QED) is 0.233. The third kappa shape index (κ3) is 82.3. The van der Waals surface area contributed by atoms with Gasteiger partial charge >= 0.3 is 67.8 Å². The molecule has 0 heterocycles. The van der Waals surface area contributed by atoms with E-state index in [-0.39, 0.29) is 39.7 Å². The van der Waals surface area contributed by atoms with Gasteiger partial charge in [0.1, 0.15) is 8.07 Å². The summed E-state index contributed by atoms with van der Waals surface area (Å²) < 4.78 is 45.0. The molecule has 2 radical (unpaired) electrons. The van der Waals surface area contributed by atoms with Crippen LogP contribution in [0.1, 0.15) is 46.5 Å². The van der Waals surface area contributed by atoms with Crippen LogP contribution in [0.3, 0.4) is 0 Å². The van der Waals surface area contributed by atoms with Gasteiger partial charge in [0.25, 0.3) is 0 Å². The molecule has 0 saturated heterocycles. The van der Waals surface area contributed by atoms with Gasteiger partial charge in [-0.15, -0.1) is 11.5 Å². The molecule has 0 aliphatic carbocycles. The van der Waals surface area contributed by atoms with Crippen molar-refractivity contribution in [1.29, 1.82) is 0 Å². The van der Waals surface area contributed by atoms with Crippen molar-refractivity contribution in [3.63, 3.8) is 0 Å². The molecule has 7 nitrogen and oxygen atoms in total. The first-order chi connectivity index (χ1) is 13.7. The molecule has 1 N–H and O–H groups in total. The molecular weight excluding hydrogens is 510 g/mol. The second-order valence-corrected chi connectivity index (χ2v) is 11.2. The summed E-state index contributed by atoms with van der Waals surface area (Å²) in [5.74, 6) is 4.27. The number of aliphatic hydroxyl groups excluding tert-OH is 1. The molecule has 0 unspecified atom stereocenters. The standard InChI is InChI=1S/C15H30OSi.6CO.2Co/c1-7-8-13(2)11-15(16)12-14(3)9-10-17(4,5)6;6*1-2;;/h13-16H,7-8,11-12H2,1-6H3;;;;;;;;/t13-,14+,15+;;;;;;;;/m0......../s1. The van der Waals surface area contributed by atoms with Crippen LogP contribution in [0.2, 0.25) is 19.6 Å². The van der Waals surface area contributed by atoms with Gasteiger partial charge < -0.3 is 5.11 Å². The van der Waals surface area contributed by atoms with Crippen LogP contribution in [0.15, 0.2) is 0 Å². The SMILES string of the molecule is CCC[C@H](C)C[C@@H](O)C[C@H](C)C#C[Si](C)(C)C.[C-]#[O+].[C-]#[O+].[C-]#[O+].[C-]#[O+].[C-]#[O+].[C-]#[O+].[Co].[Co]. The Morgan fingerprint density at radius 3 is 1.32 bits per heavy atom. The molecule has 0 aromatic heterocycles. The van der Waals surface area contributed by atoms with Crippen molar-refractivity contribution in [3.05, 3.63) is 39.9 Å². The van der Waals surface area contributed by atoms with Crippen molar-refractivity contribution >= 4 is 8.07 Å². The van der Waals surface area contributed by atoms with Gasteiger partial charge in [0.15, 0.2) is 0 Å². The van der Waals surface area contributed by atoms with E-state index in [1.807, 2.05) is 0 Å². The fourth-order valence-electron chi connectivity index (χ4n) is 1.98. The molecule has 0 amide bonds. The van der Waals surface area contributed by atoms with Crippen LogP contribution >= 0.6 is 0 Å². The first-order valence-electron chi connectivity index (χ1n) is 8.17. The zero-order valence-corrected chi connectivity index (χ0v) is 21.7. The van der Waals surface area contributed by atoms with E-state index in [9.17, 15) is 5.11 Å². The fourth-order valence-corrected chi connectivity index (χ4v) is 2.66. The molecule has 0 spiro atoms. The van der Waals surface area contributed by atoms with Crippen LogP contribution in [-0.4, -0.2) is 19.3 Å². The fraction of sp³-hybridized carbons (Fsp3) is 0.619. The Kier molecular flexibility index (Phi) is 105. The molecule has 0 aromatic rings. The second-order valence-electron chi connectivity index (χ2n) is 6.44. The molecule has 0 rings (SSSR count). The van der Waals surface area contributed by atoms with Gasteiger partial charge in [-0.3, -0.25) is 0 Å². The Labute approximate surface area is 209 Å². The molecule has 0 bridgehead atoms. The molecule has 0 saturated carbocycles. The number of hydrogen-bond donors (Lipinski definition) is 1. The summed E-state index contributed by atoms with van der Waals surface area (Å²) in [6, 6.07) is 0. The van der Waals surface area contributed by atoms with E-state index in [1.54, 1.807) is 0 Å². The van der Waals surface area contributed by atoms with Gasteiger partial charge in [0.2, 0.25) is 0 Å². The van der Waals surface area contributed by atoms with Crippen LogP contribution in [-0.2, 0) is 61.5 Å². The van der Waals surface area contributed by atoms with E-state index < -0.39 is 8.07 Å². The van der Waals surface area contributed by atoms with Crippen molar-refractivity contribution in [2.24, 2.45) is 11.8 Å². The van der Waals surface area contributed by atoms with E-state index in [2.05, 4.69) is 91.8 Å².